The Labute approximate surface area is 101 Å². The molecule has 0 aliphatic carbocycles. The van der Waals surface area contributed by atoms with E-state index < -0.39 is 0 Å². The van der Waals surface area contributed by atoms with E-state index in [-0.39, 0.29) is 5.91 Å². The van der Waals surface area contributed by atoms with Gasteiger partial charge in [0.15, 0.2) is 0 Å². The molecule has 96 valence electrons. The number of likely N-dealkylation sites (N-methyl/N-ethyl adjacent to an activating group) is 1. The average molecular weight is 228 g/mol. The molecule has 3 nitrogen and oxygen atoms in total. The van der Waals surface area contributed by atoms with E-state index in [0.717, 1.165) is 19.5 Å². The molecule has 16 heavy (non-hydrogen) atoms. The van der Waals surface area contributed by atoms with Crippen LogP contribution < -0.4 is 5.32 Å². The SMILES string of the molecule is CCN(CC)CC(=O)N[C@H](C)CCC(C)C. The van der Waals surface area contributed by atoms with Crippen molar-refractivity contribution >= 4 is 5.91 Å². The van der Waals surface area contributed by atoms with Crippen molar-refractivity contribution in [3.8, 4) is 0 Å². The molecule has 0 heterocycles. The van der Waals surface area contributed by atoms with E-state index in [0.29, 0.717) is 18.5 Å². The fourth-order valence-corrected chi connectivity index (χ4v) is 1.63. The number of carbonyl (C=O) groups excluding carboxylic acids is 1. The first kappa shape index (κ1) is 15.4. The molecule has 0 rings (SSSR count). The zero-order valence-corrected chi connectivity index (χ0v) is 11.5. The molecule has 0 unspecified atom stereocenters. The van der Waals surface area contributed by atoms with Gasteiger partial charge in [-0.15, -0.1) is 0 Å². The Morgan fingerprint density at radius 1 is 1.12 bits per heavy atom. The Bertz CT molecular complexity index is 188. The third-order valence-corrected chi connectivity index (χ3v) is 2.85. The lowest BCUT2D eigenvalue weighted by Crippen LogP contribution is -2.41. The lowest BCUT2D eigenvalue weighted by atomic mass is 10.0. The van der Waals surface area contributed by atoms with Gasteiger partial charge in [0.25, 0.3) is 0 Å². The lowest BCUT2D eigenvalue weighted by molar-refractivity contribution is -0.122. The summed E-state index contributed by atoms with van der Waals surface area (Å²) in [6.45, 7) is 13.1. The average Bonchev–Trinajstić information content (AvgIpc) is 2.23. The molecule has 0 radical (unpaired) electrons. The van der Waals surface area contributed by atoms with Crippen molar-refractivity contribution < 1.29 is 4.79 Å². The van der Waals surface area contributed by atoms with Gasteiger partial charge in [-0.05, 0) is 38.8 Å². The summed E-state index contributed by atoms with van der Waals surface area (Å²) in [4.78, 5) is 13.8. The molecule has 1 atom stereocenters. The fourth-order valence-electron chi connectivity index (χ4n) is 1.63. The van der Waals surface area contributed by atoms with E-state index >= 15 is 0 Å². The summed E-state index contributed by atoms with van der Waals surface area (Å²) < 4.78 is 0. The van der Waals surface area contributed by atoms with Crippen molar-refractivity contribution in [3.05, 3.63) is 0 Å². The van der Waals surface area contributed by atoms with Crippen LogP contribution in [0, 0.1) is 5.92 Å². The smallest absolute Gasteiger partial charge is 0.234 e. The predicted molar refractivity (Wildman–Crippen MR) is 69.5 cm³/mol. The number of carbonyl (C=O) groups is 1. The topological polar surface area (TPSA) is 32.3 Å². The molecular weight excluding hydrogens is 200 g/mol. The van der Waals surface area contributed by atoms with Crippen LogP contribution in [0.4, 0.5) is 0 Å². The Balaban J connectivity index is 3.77. The summed E-state index contributed by atoms with van der Waals surface area (Å²) in [6, 6.07) is 0.297. The van der Waals surface area contributed by atoms with Gasteiger partial charge < -0.3 is 5.32 Å². The summed E-state index contributed by atoms with van der Waals surface area (Å²) in [7, 11) is 0. The van der Waals surface area contributed by atoms with Crippen molar-refractivity contribution in [1.29, 1.82) is 0 Å². The number of amides is 1. The standard InChI is InChI=1S/C13H28N2O/c1-6-15(7-2)10-13(16)14-12(5)9-8-11(3)4/h11-12H,6-10H2,1-5H3,(H,14,16)/t12-/m1/s1. The van der Waals surface area contributed by atoms with Crippen LogP contribution in [-0.4, -0.2) is 36.5 Å². The number of rotatable bonds is 8. The highest BCUT2D eigenvalue weighted by Crippen LogP contribution is 2.06. The molecule has 0 aromatic carbocycles. The molecule has 0 fully saturated rings. The molecular formula is C13H28N2O. The fraction of sp³-hybridized carbons (Fsp3) is 0.923. The molecule has 0 bridgehead atoms. The molecule has 0 saturated heterocycles. The molecule has 0 spiro atoms. The highest BCUT2D eigenvalue weighted by atomic mass is 16.2. The summed E-state index contributed by atoms with van der Waals surface area (Å²) in [5.41, 5.74) is 0. The van der Waals surface area contributed by atoms with Crippen molar-refractivity contribution in [2.75, 3.05) is 19.6 Å². The lowest BCUT2D eigenvalue weighted by Gasteiger charge is -2.20. The zero-order chi connectivity index (χ0) is 12.6. The molecule has 0 aromatic heterocycles. The summed E-state index contributed by atoms with van der Waals surface area (Å²) >= 11 is 0. The van der Waals surface area contributed by atoms with Crippen molar-refractivity contribution in [2.24, 2.45) is 5.92 Å². The van der Waals surface area contributed by atoms with E-state index in [9.17, 15) is 4.79 Å². The van der Waals surface area contributed by atoms with Crippen LogP contribution >= 0.6 is 0 Å². The summed E-state index contributed by atoms with van der Waals surface area (Å²) in [5.74, 6) is 0.863. The maximum absolute atomic E-state index is 11.7. The second-order valence-electron chi connectivity index (χ2n) is 4.90. The van der Waals surface area contributed by atoms with E-state index in [1.165, 1.54) is 6.42 Å². The van der Waals surface area contributed by atoms with Crippen molar-refractivity contribution in [2.45, 2.75) is 53.5 Å². The first-order chi connectivity index (χ1) is 7.49. The number of hydrogen-bond donors (Lipinski definition) is 1. The predicted octanol–water partition coefficient (Wildman–Crippen LogP) is 2.27. The largest absolute Gasteiger partial charge is 0.353 e. The Kier molecular flexibility index (Phi) is 8.26. The Morgan fingerprint density at radius 3 is 2.12 bits per heavy atom. The summed E-state index contributed by atoms with van der Waals surface area (Å²) in [5, 5.41) is 3.05. The molecule has 1 N–H and O–H groups in total. The first-order valence-electron chi connectivity index (χ1n) is 6.51. The quantitative estimate of drug-likeness (QED) is 0.691. The number of nitrogens with one attached hydrogen (secondary N) is 1. The highest BCUT2D eigenvalue weighted by Gasteiger charge is 2.10. The normalized spacial score (nSPS) is 13.2. The Hall–Kier alpha value is -0.570. The molecule has 0 aromatic rings. The second kappa shape index (κ2) is 8.57. The van der Waals surface area contributed by atoms with Gasteiger partial charge in [-0.1, -0.05) is 27.7 Å². The minimum Gasteiger partial charge on any atom is -0.353 e. The molecule has 3 heteroatoms. The van der Waals surface area contributed by atoms with Gasteiger partial charge in [0.05, 0.1) is 6.54 Å². The minimum atomic E-state index is 0.153. The van der Waals surface area contributed by atoms with Crippen molar-refractivity contribution in [1.82, 2.24) is 10.2 Å². The van der Waals surface area contributed by atoms with Gasteiger partial charge in [-0.2, -0.15) is 0 Å². The maximum Gasteiger partial charge on any atom is 0.234 e. The van der Waals surface area contributed by atoms with Crippen LogP contribution in [0.25, 0.3) is 0 Å². The van der Waals surface area contributed by atoms with E-state index in [4.69, 9.17) is 0 Å². The van der Waals surface area contributed by atoms with Gasteiger partial charge in [0, 0.05) is 6.04 Å². The van der Waals surface area contributed by atoms with Gasteiger partial charge in [-0.25, -0.2) is 0 Å². The van der Waals surface area contributed by atoms with Gasteiger partial charge in [0.2, 0.25) is 5.91 Å². The number of hydrogen-bond acceptors (Lipinski definition) is 2. The summed E-state index contributed by atoms with van der Waals surface area (Å²) in [6.07, 6.45) is 2.24. The van der Waals surface area contributed by atoms with Gasteiger partial charge >= 0.3 is 0 Å². The Morgan fingerprint density at radius 2 is 1.69 bits per heavy atom. The second-order valence-corrected chi connectivity index (χ2v) is 4.90. The van der Waals surface area contributed by atoms with Crippen molar-refractivity contribution in [3.63, 3.8) is 0 Å². The van der Waals surface area contributed by atoms with E-state index in [2.05, 4.69) is 44.8 Å². The van der Waals surface area contributed by atoms with Crippen LogP contribution in [-0.2, 0) is 4.79 Å². The molecule has 1 amide bonds. The zero-order valence-electron chi connectivity index (χ0n) is 11.5. The monoisotopic (exact) mass is 228 g/mol. The molecule has 0 aliphatic rings. The van der Waals surface area contributed by atoms with Crippen LogP contribution in [0.3, 0.4) is 0 Å². The third-order valence-electron chi connectivity index (χ3n) is 2.85. The number of nitrogens with zero attached hydrogens (tertiary/aromatic N) is 1. The van der Waals surface area contributed by atoms with E-state index in [1.807, 2.05) is 0 Å². The van der Waals surface area contributed by atoms with Crippen LogP contribution in [0.5, 0.6) is 0 Å². The first-order valence-corrected chi connectivity index (χ1v) is 6.51. The highest BCUT2D eigenvalue weighted by molar-refractivity contribution is 5.78. The van der Waals surface area contributed by atoms with Crippen LogP contribution in [0.1, 0.15) is 47.5 Å². The molecule has 0 aliphatic heterocycles. The maximum atomic E-state index is 11.7. The van der Waals surface area contributed by atoms with E-state index in [1.54, 1.807) is 0 Å². The van der Waals surface area contributed by atoms with Crippen LogP contribution in [0.15, 0.2) is 0 Å². The van der Waals surface area contributed by atoms with Gasteiger partial charge in [-0.3, -0.25) is 9.69 Å². The minimum absolute atomic E-state index is 0.153. The molecule has 0 saturated carbocycles. The van der Waals surface area contributed by atoms with Gasteiger partial charge in [0.1, 0.15) is 0 Å². The third kappa shape index (κ3) is 7.69. The van der Waals surface area contributed by atoms with Crippen LogP contribution in [0.2, 0.25) is 0 Å².